The van der Waals surface area contributed by atoms with Crippen molar-refractivity contribution in [2.75, 3.05) is 18.9 Å². The zero-order chi connectivity index (χ0) is 13.2. The predicted octanol–water partition coefficient (Wildman–Crippen LogP) is 2.38. The van der Waals surface area contributed by atoms with Crippen LogP contribution in [0.2, 0.25) is 0 Å². The van der Waals surface area contributed by atoms with Gasteiger partial charge in [0.25, 0.3) is 0 Å². The fraction of sp³-hybridized carbons (Fsp3) is 0.357. The molecule has 0 saturated heterocycles. The summed E-state index contributed by atoms with van der Waals surface area (Å²) in [6.07, 6.45) is 1.77. The Labute approximate surface area is 111 Å². The summed E-state index contributed by atoms with van der Waals surface area (Å²) < 4.78 is 11.6. The molecule has 3 rings (SSSR count). The first-order valence-electron chi connectivity index (χ1n) is 6.52. The van der Waals surface area contributed by atoms with Crippen LogP contribution in [-0.2, 0) is 6.42 Å². The van der Waals surface area contributed by atoms with Gasteiger partial charge in [0.1, 0.15) is 5.82 Å². The molecule has 2 heterocycles. The van der Waals surface area contributed by atoms with Gasteiger partial charge in [-0.1, -0.05) is 6.92 Å². The van der Waals surface area contributed by atoms with E-state index in [1.807, 2.05) is 18.2 Å². The van der Waals surface area contributed by atoms with Gasteiger partial charge in [0.2, 0.25) is 0 Å². The largest absolute Gasteiger partial charge is 0.490 e. The van der Waals surface area contributed by atoms with Gasteiger partial charge in [0, 0.05) is 23.6 Å². The molecule has 0 aliphatic carbocycles. The maximum absolute atomic E-state index is 5.85. The summed E-state index contributed by atoms with van der Waals surface area (Å²) in [5, 5.41) is 6.93. The van der Waals surface area contributed by atoms with Crippen LogP contribution in [-0.4, -0.2) is 23.4 Å². The Morgan fingerprint density at radius 2 is 2.16 bits per heavy atom. The number of nitrogens with two attached hydrogens (primary N) is 1. The van der Waals surface area contributed by atoms with E-state index in [1.54, 1.807) is 0 Å². The number of hydrogen-bond donors (Lipinski definition) is 2. The van der Waals surface area contributed by atoms with E-state index in [-0.39, 0.29) is 0 Å². The zero-order valence-electron chi connectivity index (χ0n) is 10.9. The van der Waals surface area contributed by atoms with Gasteiger partial charge in [0.15, 0.2) is 11.5 Å². The van der Waals surface area contributed by atoms with Gasteiger partial charge >= 0.3 is 0 Å². The summed E-state index contributed by atoms with van der Waals surface area (Å²) in [7, 11) is 0. The smallest absolute Gasteiger partial charge is 0.165 e. The molecule has 1 aromatic carbocycles. The Kier molecular flexibility index (Phi) is 3.03. The van der Waals surface area contributed by atoms with Crippen LogP contribution >= 0.6 is 0 Å². The molecule has 1 aromatic heterocycles. The average Bonchev–Trinajstić information content (AvgIpc) is 2.71. The van der Waals surface area contributed by atoms with E-state index in [9.17, 15) is 0 Å². The van der Waals surface area contributed by atoms with Crippen molar-refractivity contribution in [3.8, 4) is 22.8 Å². The highest BCUT2D eigenvalue weighted by molar-refractivity contribution is 5.71. The van der Waals surface area contributed by atoms with Gasteiger partial charge in [-0.25, -0.2) is 0 Å². The summed E-state index contributed by atoms with van der Waals surface area (Å²) in [4.78, 5) is 0. The van der Waals surface area contributed by atoms with Gasteiger partial charge in [0.05, 0.1) is 18.9 Å². The van der Waals surface area contributed by atoms with Crippen molar-refractivity contribution < 1.29 is 9.47 Å². The molecule has 0 bridgehead atoms. The summed E-state index contributed by atoms with van der Waals surface area (Å²) >= 11 is 0. The first kappa shape index (κ1) is 11.9. The highest BCUT2D eigenvalue weighted by atomic mass is 16.5. The normalized spacial score (nSPS) is 14.2. The van der Waals surface area contributed by atoms with Crippen LogP contribution in [0.5, 0.6) is 11.5 Å². The second-order valence-electron chi connectivity index (χ2n) is 4.53. The van der Waals surface area contributed by atoms with Crippen molar-refractivity contribution in [1.82, 2.24) is 10.2 Å². The minimum absolute atomic E-state index is 0.490. The van der Waals surface area contributed by atoms with Gasteiger partial charge in [-0.2, -0.15) is 5.10 Å². The number of nitrogen functional groups attached to an aromatic ring is 1. The van der Waals surface area contributed by atoms with Crippen molar-refractivity contribution in [3.63, 3.8) is 0 Å². The van der Waals surface area contributed by atoms with Gasteiger partial charge in [-0.3, -0.25) is 5.10 Å². The second kappa shape index (κ2) is 4.84. The number of aromatic amines is 1. The minimum atomic E-state index is 0.490. The number of H-pyrrole nitrogens is 1. The van der Waals surface area contributed by atoms with E-state index in [0.717, 1.165) is 41.2 Å². The molecule has 0 radical (unpaired) electrons. The van der Waals surface area contributed by atoms with Crippen LogP contribution in [0, 0.1) is 0 Å². The molecule has 1 aliphatic rings. The number of benzene rings is 1. The quantitative estimate of drug-likeness (QED) is 0.868. The SMILES string of the molecule is CCc1c(-c2cc(N)n[nH]2)ccc2c1OCCCO2. The monoisotopic (exact) mass is 259 g/mol. The second-order valence-corrected chi connectivity index (χ2v) is 4.53. The van der Waals surface area contributed by atoms with E-state index in [4.69, 9.17) is 15.2 Å². The topological polar surface area (TPSA) is 73.2 Å². The van der Waals surface area contributed by atoms with Crippen LogP contribution in [0.25, 0.3) is 11.3 Å². The average molecular weight is 259 g/mol. The molecule has 3 N–H and O–H groups in total. The van der Waals surface area contributed by atoms with E-state index < -0.39 is 0 Å². The number of hydrogen-bond acceptors (Lipinski definition) is 4. The molecule has 0 fully saturated rings. The molecule has 0 saturated carbocycles. The zero-order valence-corrected chi connectivity index (χ0v) is 10.9. The molecule has 100 valence electrons. The molecule has 0 atom stereocenters. The Morgan fingerprint density at radius 1 is 1.32 bits per heavy atom. The van der Waals surface area contributed by atoms with E-state index >= 15 is 0 Å². The van der Waals surface area contributed by atoms with Gasteiger partial charge in [-0.15, -0.1) is 0 Å². The maximum atomic E-state index is 5.85. The lowest BCUT2D eigenvalue weighted by atomic mass is 10.0. The Morgan fingerprint density at radius 3 is 2.89 bits per heavy atom. The molecule has 1 aliphatic heterocycles. The molecule has 19 heavy (non-hydrogen) atoms. The van der Waals surface area contributed by atoms with Crippen molar-refractivity contribution in [3.05, 3.63) is 23.8 Å². The lowest BCUT2D eigenvalue weighted by Crippen LogP contribution is -1.99. The third-order valence-corrected chi connectivity index (χ3v) is 3.26. The molecule has 0 unspecified atom stereocenters. The van der Waals surface area contributed by atoms with Crippen molar-refractivity contribution in [2.24, 2.45) is 0 Å². The number of anilines is 1. The number of rotatable bonds is 2. The van der Waals surface area contributed by atoms with E-state index in [2.05, 4.69) is 17.1 Å². The number of nitrogens with one attached hydrogen (secondary N) is 1. The summed E-state index contributed by atoms with van der Waals surface area (Å²) in [6, 6.07) is 5.81. The third-order valence-electron chi connectivity index (χ3n) is 3.26. The molecule has 2 aromatic rings. The fourth-order valence-electron chi connectivity index (χ4n) is 2.37. The Bertz CT molecular complexity index is 592. The first-order chi connectivity index (χ1) is 9.29. The summed E-state index contributed by atoms with van der Waals surface area (Å²) in [6.45, 7) is 3.49. The van der Waals surface area contributed by atoms with Crippen LogP contribution in [0.1, 0.15) is 18.9 Å². The standard InChI is InChI=1S/C14H17N3O2/c1-2-9-10(11-8-13(15)17-16-11)4-5-12-14(9)19-7-3-6-18-12/h4-5,8H,2-3,6-7H2,1H3,(H3,15,16,17). The van der Waals surface area contributed by atoms with Crippen LogP contribution < -0.4 is 15.2 Å². The predicted molar refractivity (Wildman–Crippen MR) is 73.4 cm³/mol. The molecular weight excluding hydrogens is 242 g/mol. The summed E-state index contributed by atoms with van der Waals surface area (Å²) in [5.41, 5.74) is 8.77. The number of ether oxygens (including phenoxy) is 2. The Balaban J connectivity index is 2.13. The Hall–Kier alpha value is -2.17. The van der Waals surface area contributed by atoms with Crippen LogP contribution in [0.4, 0.5) is 5.82 Å². The van der Waals surface area contributed by atoms with Crippen molar-refractivity contribution in [2.45, 2.75) is 19.8 Å². The van der Waals surface area contributed by atoms with Crippen LogP contribution in [0.15, 0.2) is 18.2 Å². The number of fused-ring (bicyclic) bond motifs is 1. The maximum Gasteiger partial charge on any atom is 0.165 e. The molecule has 0 amide bonds. The number of nitrogens with zero attached hydrogens (tertiary/aromatic N) is 1. The van der Waals surface area contributed by atoms with Gasteiger partial charge < -0.3 is 15.2 Å². The highest BCUT2D eigenvalue weighted by Crippen LogP contribution is 2.39. The van der Waals surface area contributed by atoms with Gasteiger partial charge in [-0.05, 0) is 18.6 Å². The number of aromatic nitrogens is 2. The minimum Gasteiger partial charge on any atom is -0.490 e. The highest BCUT2D eigenvalue weighted by Gasteiger charge is 2.18. The molecular formula is C14H17N3O2. The lowest BCUT2D eigenvalue weighted by molar-refractivity contribution is 0.296. The van der Waals surface area contributed by atoms with Crippen molar-refractivity contribution >= 4 is 5.82 Å². The molecule has 5 heteroatoms. The first-order valence-corrected chi connectivity index (χ1v) is 6.52. The third kappa shape index (κ3) is 2.12. The van der Waals surface area contributed by atoms with E-state index in [1.165, 1.54) is 0 Å². The van der Waals surface area contributed by atoms with Crippen LogP contribution in [0.3, 0.4) is 0 Å². The lowest BCUT2D eigenvalue weighted by Gasteiger charge is -2.14. The van der Waals surface area contributed by atoms with Crippen molar-refractivity contribution in [1.29, 1.82) is 0 Å². The molecule has 0 spiro atoms. The fourth-order valence-corrected chi connectivity index (χ4v) is 2.37. The molecule has 5 nitrogen and oxygen atoms in total. The summed E-state index contributed by atoms with van der Waals surface area (Å²) in [5.74, 6) is 2.17. The van der Waals surface area contributed by atoms with E-state index in [0.29, 0.717) is 19.0 Å².